The molecular weight excluding hydrogens is 424 g/mol. The Morgan fingerprint density at radius 3 is 2.62 bits per heavy atom. The summed E-state index contributed by atoms with van der Waals surface area (Å²) in [4.78, 5) is 41.5. The van der Waals surface area contributed by atoms with E-state index in [1.807, 2.05) is 35.7 Å². The minimum atomic E-state index is -0.611. The highest BCUT2D eigenvalue weighted by Crippen LogP contribution is 2.44. The number of methoxy groups -OCH3 is 1. The van der Waals surface area contributed by atoms with Gasteiger partial charge in [-0.15, -0.1) is 11.3 Å². The molecule has 1 aliphatic rings. The average Bonchev–Trinajstić information content (AvgIpc) is 3.33. The van der Waals surface area contributed by atoms with Gasteiger partial charge in [0.05, 0.1) is 18.6 Å². The van der Waals surface area contributed by atoms with Crippen molar-refractivity contribution < 1.29 is 19.1 Å². The molecule has 0 bridgehead atoms. The normalized spacial score (nSPS) is 17.7. The monoisotopic (exact) mass is 448 g/mol. The summed E-state index contributed by atoms with van der Waals surface area (Å²) in [6.45, 7) is 2.23. The van der Waals surface area contributed by atoms with Crippen LogP contribution in [-0.2, 0) is 9.53 Å². The number of fused-ring (bicyclic) bond motifs is 1. The van der Waals surface area contributed by atoms with Gasteiger partial charge in [0.1, 0.15) is 0 Å². The van der Waals surface area contributed by atoms with Crippen LogP contribution < -0.4 is 5.32 Å². The van der Waals surface area contributed by atoms with E-state index in [1.54, 1.807) is 42.3 Å². The quantitative estimate of drug-likeness (QED) is 0.540. The first kappa shape index (κ1) is 21.9. The van der Waals surface area contributed by atoms with Crippen molar-refractivity contribution in [3.05, 3.63) is 87.6 Å². The van der Waals surface area contributed by atoms with Crippen molar-refractivity contribution in [3.8, 4) is 0 Å². The van der Waals surface area contributed by atoms with E-state index >= 15 is 0 Å². The lowest BCUT2D eigenvalue weighted by Crippen LogP contribution is -2.47. The number of hydrogen-bond donors (Lipinski definition) is 1. The summed E-state index contributed by atoms with van der Waals surface area (Å²) in [5.74, 6) is -1.03. The third-order valence-corrected chi connectivity index (χ3v) is 6.57. The molecule has 0 saturated heterocycles. The number of hydrogen-bond acceptors (Lipinski definition) is 5. The lowest BCUT2D eigenvalue weighted by atomic mass is 9.81. The highest BCUT2D eigenvalue weighted by atomic mass is 32.1. The summed E-state index contributed by atoms with van der Waals surface area (Å²) in [5, 5.41) is 4.92. The van der Waals surface area contributed by atoms with E-state index in [0.29, 0.717) is 35.5 Å². The van der Waals surface area contributed by atoms with Crippen LogP contribution in [0, 0.1) is 0 Å². The molecule has 7 heteroatoms. The second kappa shape index (κ2) is 9.46. The van der Waals surface area contributed by atoms with Gasteiger partial charge in [0.15, 0.2) is 5.78 Å². The van der Waals surface area contributed by atoms with Crippen LogP contribution in [0.5, 0.6) is 0 Å². The van der Waals surface area contributed by atoms with Crippen LogP contribution in [0.15, 0.2) is 66.0 Å². The number of amides is 2. The first-order valence-corrected chi connectivity index (χ1v) is 11.2. The topological polar surface area (TPSA) is 75.7 Å². The third-order valence-electron chi connectivity index (χ3n) is 5.63. The molecule has 32 heavy (non-hydrogen) atoms. The summed E-state index contributed by atoms with van der Waals surface area (Å²) in [6.07, 6.45) is 0. The molecule has 3 aromatic rings. The average molecular weight is 449 g/mol. The van der Waals surface area contributed by atoms with Crippen LogP contribution >= 0.6 is 11.3 Å². The summed E-state index contributed by atoms with van der Waals surface area (Å²) in [6, 6.07) is 17.6. The molecule has 0 unspecified atom stereocenters. The number of thiophene rings is 1. The molecule has 164 valence electrons. The second-order valence-corrected chi connectivity index (χ2v) is 8.62. The standard InChI is InChI=1S/C25H24N2O4S/c1-16(28)17-7-5-8-18(15-17)26-24(29)22-19-9-3-4-10-20(19)25(30)27(12-13-31-2)23(22)21-11-6-14-32-21/h3-11,14-15,22-23H,12-13H2,1-2H3,(H,26,29)/t22-,23+/m0/s1. The Morgan fingerprint density at radius 2 is 1.91 bits per heavy atom. The van der Waals surface area contributed by atoms with Gasteiger partial charge in [-0.25, -0.2) is 0 Å². The molecule has 1 N–H and O–H groups in total. The Morgan fingerprint density at radius 1 is 1.09 bits per heavy atom. The second-order valence-electron chi connectivity index (χ2n) is 7.64. The van der Waals surface area contributed by atoms with Crippen LogP contribution in [0.25, 0.3) is 0 Å². The molecule has 0 spiro atoms. The van der Waals surface area contributed by atoms with E-state index in [0.717, 1.165) is 4.88 Å². The molecule has 1 aromatic heterocycles. The van der Waals surface area contributed by atoms with Crippen molar-refractivity contribution in [2.45, 2.75) is 18.9 Å². The molecule has 2 heterocycles. The highest BCUT2D eigenvalue weighted by Gasteiger charge is 2.44. The lowest BCUT2D eigenvalue weighted by Gasteiger charge is -2.41. The van der Waals surface area contributed by atoms with Gasteiger partial charge in [0.25, 0.3) is 5.91 Å². The number of carbonyl (C=O) groups is 3. The van der Waals surface area contributed by atoms with Crippen molar-refractivity contribution in [2.75, 3.05) is 25.6 Å². The number of rotatable bonds is 7. The van der Waals surface area contributed by atoms with Gasteiger partial charge in [0.2, 0.25) is 5.91 Å². The summed E-state index contributed by atoms with van der Waals surface area (Å²) in [7, 11) is 1.59. The minimum absolute atomic E-state index is 0.0723. The number of nitrogens with one attached hydrogen (secondary N) is 1. The van der Waals surface area contributed by atoms with Crippen LogP contribution in [0.1, 0.15) is 50.0 Å². The summed E-state index contributed by atoms with van der Waals surface area (Å²) in [5.41, 5.74) is 2.29. The van der Waals surface area contributed by atoms with Gasteiger partial charge < -0.3 is 15.0 Å². The third kappa shape index (κ3) is 4.22. The Balaban J connectivity index is 1.78. The molecule has 0 radical (unpaired) electrons. The molecule has 0 saturated carbocycles. The van der Waals surface area contributed by atoms with E-state index in [-0.39, 0.29) is 17.6 Å². The maximum atomic E-state index is 13.7. The molecule has 2 aromatic carbocycles. The first-order valence-electron chi connectivity index (χ1n) is 10.4. The first-order chi connectivity index (χ1) is 15.5. The van der Waals surface area contributed by atoms with E-state index in [2.05, 4.69) is 5.32 Å². The smallest absolute Gasteiger partial charge is 0.254 e. The van der Waals surface area contributed by atoms with Crippen molar-refractivity contribution in [2.24, 2.45) is 0 Å². The molecule has 1 aliphatic heterocycles. The van der Waals surface area contributed by atoms with Crippen LogP contribution in [0.3, 0.4) is 0 Å². The SMILES string of the molecule is COCCN1C(=O)c2ccccc2[C@H](C(=O)Nc2cccc(C(C)=O)c2)[C@H]1c1cccs1. The summed E-state index contributed by atoms with van der Waals surface area (Å²) >= 11 is 1.52. The molecule has 4 rings (SSSR count). The predicted octanol–water partition coefficient (Wildman–Crippen LogP) is 4.52. The van der Waals surface area contributed by atoms with Gasteiger partial charge >= 0.3 is 0 Å². The Kier molecular flexibility index (Phi) is 6.48. The molecular formula is C25H24N2O4S. The fourth-order valence-electron chi connectivity index (χ4n) is 4.12. The molecule has 6 nitrogen and oxygen atoms in total. The van der Waals surface area contributed by atoms with Gasteiger partial charge in [-0.2, -0.15) is 0 Å². The van der Waals surface area contributed by atoms with Crippen molar-refractivity contribution in [1.82, 2.24) is 4.90 Å². The zero-order chi connectivity index (χ0) is 22.7. The largest absolute Gasteiger partial charge is 0.383 e. The van der Waals surface area contributed by atoms with Crippen LogP contribution in [0.2, 0.25) is 0 Å². The van der Waals surface area contributed by atoms with Crippen LogP contribution in [0.4, 0.5) is 5.69 Å². The van der Waals surface area contributed by atoms with Crippen LogP contribution in [-0.4, -0.2) is 42.8 Å². The Labute approximate surface area is 190 Å². The van der Waals surface area contributed by atoms with E-state index < -0.39 is 12.0 Å². The fraction of sp³-hybridized carbons (Fsp3) is 0.240. The summed E-state index contributed by atoms with van der Waals surface area (Å²) < 4.78 is 5.25. The highest BCUT2D eigenvalue weighted by molar-refractivity contribution is 7.10. The number of carbonyl (C=O) groups excluding carboxylic acids is 3. The maximum absolute atomic E-state index is 13.7. The zero-order valence-corrected chi connectivity index (χ0v) is 18.7. The maximum Gasteiger partial charge on any atom is 0.254 e. The number of Topliss-reactive ketones (excluding diaryl/α,β-unsaturated/α-hetero) is 1. The number of ketones is 1. The van der Waals surface area contributed by atoms with Gasteiger partial charge in [-0.1, -0.05) is 36.4 Å². The number of nitrogens with zero attached hydrogens (tertiary/aromatic N) is 1. The van der Waals surface area contributed by atoms with Crippen molar-refractivity contribution in [3.63, 3.8) is 0 Å². The van der Waals surface area contributed by atoms with E-state index in [4.69, 9.17) is 4.74 Å². The Bertz CT molecular complexity index is 1140. The van der Waals surface area contributed by atoms with E-state index in [1.165, 1.54) is 18.3 Å². The van der Waals surface area contributed by atoms with Gasteiger partial charge in [-0.3, -0.25) is 14.4 Å². The lowest BCUT2D eigenvalue weighted by molar-refractivity contribution is -0.119. The van der Waals surface area contributed by atoms with Gasteiger partial charge in [0, 0.05) is 35.3 Å². The Hall–Kier alpha value is -3.29. The molecule has 2 atom stereocenters. The number of benzene rings is 2. The van der Waals surface area contributed by atoms with Crippen molar-refractivity contribution >= 4 is 34.6 Å². The number of ether oxygens (including phenoxy) is 1. The van der Waals surface area contributed by atoms with E-state index in [9.17, 15) is 14.4 Å². The molecule has 0 aliphatic carbocycles. The van der Waals surface area contributed by atoms with Crippen molar-refractivity contribution in [1.29, 1.82) is 0 Å². The number of anilines is 1. The minimum Gasteiger partial charge on any atom is -0.383 e. The molecule has 0 fully saturated rings. The molecule has 2 amide bonds. The fourth-order valence-corrected chi connectivity index (χ4v) is 5.00. The van der Waals surface area contributed by atoms with Gasteiger partial charge in [-0.05, 0) is 42.1 Å². The predicted molar refractivity (Wildman–Crippen MR) is 124 cm³/mol. The zero-order valence-electron chi connectivity index (χ0n) is 17.9.